The monoisotopic (exact) mass is 334 g/mol. The zero-order valence-corrected chi connectivity index (χ0v) is 12.5. The fraction of sp³-hybridized carbons (Fsp3) is 0.333. The number of halogens is 3. The number of hydrogen-bond donors (Lipinski definition) is 1. The summed E-state index contributed by atoms with van der Waals surface area (Å²) < 4.78 is 40.9. The van der Waals surface area contributed by atoms with Crippen molar-refractivity contribution in [2.45, 2.75) is 31.6 Å². The lowest BCUT2D eigenvalue weighted by atomic mass is 10.1. The molecule has 1 aromatic carbocycles. The summed E-state index contributed by atoms with van der Waals surface area (Å²) in [5, 5.41) is 7.81. The number of aromatic nitrogens is 5. The van der Waals surface area contributed by atoms with Gasteiger partial charge in [0.25, 0.3) is 0 Å². The molecule has 3 heterocycles. The second-order valence-electron chi connectivity index (χ2n) is 5.65. The normalized spacial score (nSPS) is 17.7. The van der Waals surface area contributed by atoms with E-state index >= 15 is 0 Å². The Morgan fingerprint density at radius 3 is 2.83 bits per heavy atom. The molecule has 6 nitrogen and oxygen atoms in total. The smallest absolute Gasteiger partial charge is 0.365 e. The van der Waals surface area contributed by atoms with Crippen LogP contribution in [0, 0.1) is 0 Å². The fourth-order valence-corrected chi connectivity index (χ4v) is 2.86. The molecule has 24 heavy (non-hydrogen) atoms. The number of nitrogens with one attached hydrogen (secondary N) is 1. The third-order valence-electron chi connectivity index (χ3n) is 4.00. The van der Waals surface area contributed by atoms with Crippen molar-refractivity contribution in [2.75, 3.05) is 5.32 Å². The molecule has 3 aromatic rings. The van der Waals surface area contributed by atoms with Gasteiger partial charge in [0.1, 0.15) is 18.0 Å². The van der Waals surface area contributed by atoms with Gasteiger partial charge in [-0.25, -0.2) is 19.6 Å². The predicted octanol–water partition coefficient (Wildman–Crippen LogP) is 2.67. The molecule has 0 aliphatic carbocycles. The van der Waals surface area contributed by atoms with Crippen LogP contribution in [0.4, 0.5) is 19.0 Å². The lowest BCUT2D eigenvalue weighted by Crippen LogP contribution is -2.32. The molecule has 0 saturated carbocycles. The largest absolute Gasteiger partial charge is 0.451 e. The first-order valence-electron chi connectivity index (χ1n) is 7.48. The molecule has 4 rings (SSSR count). The van der Waals surface area contributed by atoms with Gasteiger partial charge in [-0.1, -0.05) is 12.1 Å². The van der Waals surface area contributed by atoms with E-state index in [4.69, 9.17) is 0 Å². The van der Waals surface area contributed by atoms with Crippen LogP contribution in [-0.4, -0.2) is 30.8 Å². The van der Waals surface area contributed by atoms with E-state index < -0.39 is 12.0 Å². The second kappa shape index (κ2) is 5.43. The van der Waals surface area contributed by atoms with Crippen LogP contribution in [0.2, 0.25) is 0 Å². The molecule has 1 atom stereocenters. The van der Waals surface area contributed by atoms with E-state index in [1.54, 1.807) is 28.9 Å². The molecule has 0 saturated heterocycles. The highest BCUT2D eigenvalue weighted by Gasteiger charge is 2.35. The van der Waals surface area contributed by atoms with Crippen molar-refractivity contribution in [3.05, 3.63) is 42.2 Å². The molecule has 1 aliphatic heterocycles. The first-order chi connectivity index (χ1) is 11.5. The first-order valence-corrected chi connectivity index (χ1v) is 7.48. The third kappa shape index (κ3) is 2.66. The highest BCUT2D eigenvalue weighted by Crippen LogP contribution is 2.31. The molecule has 1 N–H and O–H groups in total. The molecule has 0 unspecified atom stereocenters. The molecular formula is C15H13F3N6. The SMILES string of the molecule is FC(F)(F)c1nc(N[C@@H]2CCc3ncnn3C2)c2ccccc2n1. The quantitative estimate of drug-likeness (QED) is 0.780. The average Bonchev–Trinajstić information content (AvgIpc) is 3.01. The molecule has 2 aromatic heterocycles. The number of alkyl halides is 3. The van der Waals surface area contributed by atoms with E-state index in [0.717, 1.165) is 12.2 Å². The summed E-state index contributed by atoms with van der Waals surface area (Å²) in [7, 11) is 0. The lowest BCUT2D eigenvalue weighted by molar-refractivity contribution is -0.144. The molecule has 0 radical (unpaired) electrons. The topological polar surface area (TPSA) is 68.5 Å². The van der Waals surface area contributed by atoms with Crippen molar-refractivity contribution in [3.63, 3.8) is 0 Å². The Labute approximate surface area is 134 Å². The first kappa shape index (κ1) is 14.9. The molecule has 0 fully saturated rings. The van der Waals surface area contributed by atoms with Crippen LogP contribution in [0.1, 0.15) is 18.1 Å². The summed E-state index contributed by atoms with van der Waals surface area (Å²) in [6, 6.07) is 6.59. The maximum atomic E-state index is 13.1. The maximum absolute atomic E-state index is 13.1. The number of fused-ring (bicyclic) bond motifs is 2. The van der Waals surface area contributed by atoms with E-state index in [0.29, 0.717) is 18.4 Å². The zero-order chi connectivity index (χ0) is 16.7. The number of aryl methyl sites for hydroxylation is 1. The highest BCUT2D eigenvalue weighted by atomic mass is 19.4. The Hall–Kier alpha value is -2.71. The van der Waals surface area contributed by atoms with Gasteiger partial charge in [0.2, 0.25) is 5.82 Å². The Morgan fingerprint density at radius 1 is 1.17 bits per heavy atom. The minimum absolute atomic E-state index is 0.0708. The summed E-state index contributed by atoms with van der Waals surface area (Å²) in [6.45, 7) is 0.537. The van der Waals surface area contributed by atoms with E-state index in [1.807, 2.05) is 0 Å². The fourth-order valence-electron chi connectivity index (χ4n) is 2.86. The Bertz CT molecular complexity index is 888. The molecule has 1 aliphatic rings. The number of rotatable bonds is 2. The molecular weight excluding hydrogens is 321 g/mol. The van der Waals surface area contributed by atoms with Gasteiger partial charge < -0.3 is 5.32 Å². The molecule has 0 bridgehead atoms. The van der Waals surface area contributed by atoms with Gasteiger partial charge in [-0.05, 0) is 18.6 Å². The van der Waals surface area contributed by atoms with Gasteiger partial charge in [-0.2, -0.15) is 18.3 Å². The molecule has 124 valence electrons. The van der Waals surface area contributed by atoms with E-state index in [9.17, 15) is 13.2 Å². The molecule has 0 spiro atoms. The summed E-state index contributed by atoms with van der Waals surface area (Å²) in [6.07, 6.45) is -1.64. The summed E-state index contributed by atoms with van der Waals surface area (Å²) in [4.78, 5) is 11.5. The van der Waals surface area contributed by atoms with Gasteiger partial charge in [-0.15, -0.1) is 0 Å². The Morgan fingerprint density at radius 2 is 2.00 bits per heavy atom. The van der Waals surface area contributed by atoms with Crippen LogP contribution >= 0.6 is 0 Å². The van der Waals surface area contributed by atoms with Gasteiger partial charge in [0, 0.05) is 17.8 Å². The van der Waals surface area contributed by atoms with Crippen molar-refractivity contribution in [3.8, 4) is 0 Å². The van der Waals surface area contributed by atoms with E-state index in [-0.39, 0.29) is 17.4 Å². The van der Waals surface area contributed by atoms with Crippen LogP contribution in [0.5, 0.6) is 0 Å². The summed E-state index contributed by atoms with van der Waals surface area (Å²) >= 11 is 0. The van der Waals surface area contributed by atoms with Crippen molar-refractivity contribution < 1.29 is 13.2 Å². The van der Waals surface area contributed by atoms with Crippen LogP contribution in [0.3, 0.4) is 0 Å². The number of nitrogens with zero attached hydrogens (tertiary/aromatic N) is 5. The minimum atomic E-state index is -4.59. The number of para-hydroxylation sites is 1. The Kier molecular flexibility index (Phi) is 3.36. The van der Waals surface area contributed by atoms with Crippen molar-refractivity contribution in [1.82, 2.24) is 24.7 Å². The van der Waals surface area contributed by atoms with Crippen LogP contribution in [0.15, 0.2) is 30.6 Å². The van der Waals surface area contributed by atoms with Crippen molar-refractivity contribution in [2.24, 2.45) is 0 Å². The second-order valence-corrected chi connectivity index (χ2v) is 5.65. The minimum Gasteiger partial charge on any atom is -0.365 e. The van der Waals surface area contributed by atoms with Crippen LogP contribution in [-0.2, 0) is 19.1 Å². The van der Waals surface area contributed by atoms with Crippen LogP contribution < -0.4 is 5.32 Å². The van der Waals surface area contributed by atoms with Gasteiger partial charge in [-0.3, -0.25) is 0 Å². The third-order valence-corrected chi connectivity index (χ3v) is 4.00. The van der Waals surface area contributed by atoms with E-state index in [2.05, 4.69) is 25.4 Å². The Balaban J connectivity index is 1.71. The molecule has 0 amide bonds. The maximum Gasteiger partial charge on any atom is 0.451 e. The van der Waals surface area contributed by atoms with Gasteiger partial charge in [0.15, 0.2) is 0 Å². The number of benzene rings is 1. The molecule has 9 heteroatoms. The summed E-state index contributed by atoms with van der Waals surface area (Å²) in [5.74, 6) is -0.0565. The summed E-state index contributed by atoms with van der Waals surface area (Å²) in [5.41, 5.74) is 0.263. The van der Waals surface area contributed by atoms with Crippen LogP contribution in [0.25, 0.3) is 10.9 Å². The number of anilines is 1. The van der Waals surface area contributed by atoms with Crippen molar-refractivity contribution >= 4 is 16.7 Å². The zero-order valence-electron chi connectivity index (χ0n) is 12.5. The van der Waals surface area contributed by atoms with E-state index in [1.165, 1.54) is 6.33 Å². The average molecular weight is 334 g/mol. The number of hydrogen-bond acceptors (Lipinski definition) is 5. The van der Waals surface area contributed by atoms with Crippen molar-refractivity contribution in [1.29, 1.82) is 0 Å². The lowest BCUT2D eigenvalue weighted by Gasteiger charge is -2.24. The highest BCUT2D eigenvalue weighted by molar-refractivity contribution is 5.89. The van der Waals surface area contributed by atoms with Gasteiger partial charge >= 0.3 is 6.18 Å². The predicted molar refractivity (Wildman–Crippen MR) is 80.3 cm³/mol. The van der Waals surface area contributed by atoms with Gasteiger partial charge in [0.05, 0.1) is 12.1 Å². The standard InChI is InChI=1S/C15H13F3N6/c16-15(17,18)14-22-11-4-2-1-3-10(11)13(23-14)21-9-5-6-12-19-8-20-24(12)7-9/h1-4,8-9H,5-7H2,(H,21,22,23)/t9-/m1/s1.